The normalized spacial score (nSPS) is 28.0. The van der Waals surface area contributed by atoms with Gasteiger partial charge in [0, 0.05) is 6.42 Å². The van der Waals surface area contributed by atoms with E-state index in [-0.39, 0.29) is 23.7 Å². The quantitative estimate of drug-likeness (QED) is 0.101. The summed E-state index contributed by atoms with van der Waals surface area (Å²) in [6.07, 6.45) is 9.84. The Bertz CT molecular complexity index is 892. The molecule has 1 saturated heterocycles. The minimum atomic E-state index is -1.40. The highest BCUT2D eigenvalue weighted by Crippen LogP contribution is 2.43. The number of aliphatic hydroxyl groups excluding tert-OH is 3. The van der Waals surface area contributed by atoms with Crippen LogP contribution in [0.2, 0.25) is 0 Å². The van der Waals surface area contributed by atoms with Gasteiger partial charge in [0.05, 0.1) is 12.7 Å². The number of rotatable bonds is 18. The SMILES string of the molecule is CC(=O)/C=C/C1=C(C)C[C@@H](O[C@@H]2O[C@H](CO)[C@@H](O)[C@H](OC(=O)CCCCCCCCCCCC(C)C)[C@H]2O)CC1(C)C. The van der Waals surface area contributed by atoms with Crippen LogP contribution < -0.4 is 0 Å². The fourth-order valence-electron chi connectivity index (χ4n) is 6.21. The lowest BCUT2D eigenvalue weighted by atomic mass is 9.71. The van der Waals surface area contributed by atoms with Crippen molar-refractivity contribution >= 4 is 11.8 Å². The molecule has 0 spiro atoms. The molecule has 0 aromatic rings. The lowest BCUT2D eigenvalue weighted by molar-refractivity contribution is -0.314. The molecule has 2 rings (SSSR count). The summed E-state index contributed by atoms with van der Waals surface area (Å²) in [5, 5.41) is 31.5. The van der Waals surface area contributed by atoms with E-state index in [2.05, 4.69) is 27.7 Å². The van der Waals surface area contributed by atoms with Gasteiger partial charge in [0.1, 0.15) is 18.3 Å². The van der Waals surface area contributed by atoms with Crippen LogP contribution in [0.5, 0.6) is 0 Å². The van der Waals surface area contributed by atoms with Crippen LogP contribution in [0.1, 0.15) is 125 Å². The van der Waals surface area contributed by atoms with Crippen LogP contribution in [0, 0.1) is 11.3 Å². The molecular formula is C34H58O8. The van der Waals surface area contributed by atoms with E-state index in [9.17, 15) is 24.9 Å². The highest BCUT2D eigenvalue weighted by molar-refractivity contribution is 5.87. The van der Waals surface area contributed by atoms with Gasteiger partial charge in [-0.3, -0.25) is 9.59 Å². The number of hydrogen-bond acceptors (Lipinski definition) is 8. The van der Waals surface area contributed by atoms with Crippen molar-refractivity contribution in [3.8, 4) is 0 Å². The molecule has 0 bridgehead atoms. The molecule has 3 N–H and O–H groups in total. The Hall–Kier alpha value is -1.58. The molecule has 0 unspecified atom stereocenters. The summed E-state index contributed by atoms with van der Waals surface area (Å²) in [6.45, 7) is 11.7. The monoisotopic (exact) mass is 594 g/mol. The first-order chi connectivity index (χ1) is 19.9. The largest absolute Gasteiger partial charge is 0.456 e. The van der Waals surface area contributed by atoms with Gasteiger partial charge in [-0.2, -0.15) is 0 Å². The number of unbranched alkanes of at least 4 members (excludes halogenated alkanes) is 8. The summed E-state index contributed by atoms with van der Waals surface area (Å²) in [5.74, 6) is 0.282. The Labute approximate surface area is 253 Å². The molecule has 0 radical (unpaired) electrons. The number of ether oxygens (including phenoxy) is 3. The van der Waals surface area contributed by atoms with Gasteiger partial charge >= 0.3 is 5.97 Å². The van der Waals surface area contributed by atoms with Gasteiger partial charge in [0.25, 0.3) is 0 Å². The van der Waals surface area contributed by atoms with Crippen molar-refractivity contribution in [3.05, 3.63) is 23.3 Å². The minimum Gasteiger partial charge on any atom is -0.456 e. The van der Waals surface area contributed by atoms with Gasteiger partial charge in [0.2, 0.25) is 0 Å². The summed E-state index contributed by atoms with van der Waals surface area (Å²) < 4.78 is 17.4. The van der Waals surface area contributed by atoms with E-state index < -0.39 is 43.3 Å². The maximum atomic E-state index is 12.6. The van der Waals surface area contributed by atoms with Crippen LogP contribution in [0.3, 0.4) is 0 Å². The van der Waals surface area contributed by atoms with Gasteiger partial charge < -0.3 is 29.5 Å². The van der Waals surface area contributed by atoms with E-state index in [4.69, 9.17) is 14.2 Å². The third-order valence-electron chi connectivity index (χ3n) is 8.52. The second-order valence-electron chi connectivity index (χ2n) is 13.5. The summed E-state index contributed by atoms with van der Waals surface area (Å²) in [6, 6.07) is 0. The molecule has 6 atom stereocenters. The van der Waals surface area contributed by atoms with Gasteiger partial charge in [0.15, 0.2) is 18.2 Å². The number of carbonyl (C=O) groups excluding carboxylic acids is 2. The average Bonchev–Trinajstić information content (AvgIpc) is 2.90. The van der Waals surface area contributed by atoms with Crippen LogP contribution in [-0.4, -0.2) is 70.5 Å². The number of allylic oxidation sites excluding steroid dienone is 3. The van der Waals surface area contributed by atoms with Gasteiger partial charge in [-0.1, -0.05) is 97.1 Å². The number of ketones is 1. The molecule has 242 valence electrons. The Morgan fingerprint density at radius 3 is 2.14 bits per heavy atom. The topological polar surface area (TPSA) is 123 Å². The highest BCUT2D eigenvalue weighted by Gasteiger charge is 2.48. The Morgan fingerprint density at radius 2 is 1.60 bits per heavy atom. The lowest BCUT2D eigenvalue weighted by Crippen LogP contribution is -2.61. The van der Waals surface area contributed by atoms with E-state index in [1.165, 1.54) is 45.4 Å². The van der Waals surface area contributed by atoms with Crippen LogP contribution in [0.15, 0.2) is 23.3 Å². The van der Waals surface area contributed by atoms with Crippen LogP contribution in [0.4, 0.5) is 0 Å². The van der Waals surface area contributed by atoms with Crippen LogP contribution >= 0.6 is 0 Å². The van der Waals surface area contributed by atoms with Gasteiger partial charge in [-0.25, -0.2) is 0 Å². The molecule has 0 aromatic heterocycles. The minimum absolute atomic E-state index is 0.0179. The maximum absolute atomic E-state index is 12.6. The predicted molar refractivity (Wildman–Crippen MR) is 164 cm³/mol. The summed E-state index contributed by atoms with van der Waals surface area (Å²) in [4.78, 5) is 24.1. The van der Waals surface area contributed by atoms with Gasteiger partial charge in [-0.05, 0) is 56.1 Å². The summed E-state index contributed by atoms with van der Waals surface area (Å²) >= 11 is 0. The van der Waals surface area contributed by atoms with Crippen molar-refractivity contribution in [3.63, 3.8) is 0 Å². The van der Waals surface area contributed by atoms with E-state index in [0.29, 0.717) is 19.3 Å². The fraction of sp³-hybridized carbons (Fsp3) is 0.824. The molecule has 0 aromatic carbocycles. The molecule has 1 fully saturated rings. The molecule has 1 aliphatic heterocycles. The van der Waals surface area contributed by atoms with E-state index in [1.807, 2.05) is 13.0 Å². The molecule has 1 heterocycles. The smallest absolute Gasteiger partial charge is 0.306 e. The second kappa shape index (κ2) is 18.3. The van der Waals surface area contributed by atoms with Crippen molar-refractivity contribution < 1.29 is 39.1 Å². The van der Waals surface area contributed by atoms with E-state index in [1.54, 1.807) is 6.08 Å². The fourth-order valence-corrected chi connectivity index (χ4v) is 6.21. The molecule has 0 saturated carbocycles. The number of aliphatic hydroxyl groups is 3. The number of hydrogen-bond donors (Lipinski definition) is 3. The molecule has 1 aliphatic carbocycles. The van der Waals surface area contributed by atoms with Crippen molar-refractivity contribution in [1.29, 1.82) is 0 Å². The van der Waals surface area contributed by atoms with Crippen LogP contribution in [0.25, 0.3) is 0 Å². The zero-order valence-corrected chi connectivity index (χ0v) is 27.0. The standard InChI is InChI=1S/C34H58O8/c1-23(2)16-14-12-10-8-7-9-11-13-15-17-29(37)42-32-30(38)28(22-35)41-33(31(32)39)40-26-20-24(3)27(19-18-25(4)36)34(5,6)21-26/h18-19,23,26,28,30-33,35,38-39H,7-17,20-22H2,1-6H3/b19-18+/t26-,28-,30-,31-,32+,33-/m1/s1. The summed E-state index contributed by atoms with van der Waals surface area (Å²) in [7, 11) is 0. The van der Waals surface area contributed by atoms with Gasteiger partial charge in [-0.15, -0.1) is 0 Å². The molecule has 2 aliphatic rings. The molecular weight excluding hydrogens is 536 g/mol. The van der Waals surface area contributed by atoms with Crippen LogP contribution in [-0.2, 0) is 23.8 Å². The predicted octanol–water partition coefficient (Wildman–Crippen LogP) is 5.95. The molecule has 8 nitrogen and oxygen atoms in total. The van der Waals surface area contributed by atoms with Crippen molar-refractivity contribution in [1.82, 2.24) is 0 Å². The molecule has 0 amide bonds. The first kappa shape index (κ1) is 36.6. The average molecular weight is 595 g/mol. The van der Waals surface area contributed by atoms with Crippen molar-refractivity contribution in [2.45, 2.75) is 162 Å². The Balaban J connectivity index is 1.82. The summed E-state index contributed by atoms with van der Waals surface area (Å²) in [5.41, 5.74) is 1.87. The Kier molecular flexibility index (Phi) is 15.9. The first-order valence-corrected chi connectivity index (χ1v) is 16.2. The third-order valence-corrected chi connectivity index (χ3v) is 8.52. The van der Waals surface area contributed by atoms with Crippen molar-refractivity contribution in [2.75, 3.05) is 6.61 Å². The maximum Gasteiger partial charge on any atom is 0.306 e. The van der Waals surface area contributed by atoms with E-state index >= 15 is 0 Å². The number of esters is 1. The number of carbonyl (C=O) groups is 2. The van der Waals surface area contributed by atoms with Crippen molar-refractivity contribution in [2.24, 2.45) is 11.3 Å². The second-order valence-corrected chi connectivity index (χ2v) is 13.5. The van der Waals surface area contributed by atoms with E-state index in [0.717, 1.165) is 36.3 Å². The molecule has 42 heavy (non-hydrogen) atoms. The zero-order chi connectivity index (χ0) is 31.3. The molecule has 8 heteroatoms. The zero-order valence-electron chi connectivity index (χ0n) is 27.0. The third kappa shape index (κ3) is 12.2. The highest BCUT2D eigenvalue weighted by atomic mass is 16.7. The Morgan fingerprint density at radius 1 is 1.00 bits per heavy atom. The lowest BCUT2D eigenvalue weighted by Gasteiger charge is -2.44. The first-order valence-electron chi connectivity index (χ1n) is 16.2.